The lowest BCUT2D eigenvalue weighted by atomic mass is 9.76. The molecule has 3 aliphatic carbocycles. The van der Waals surface area contributed by atoms with Crippen molar-refractivity contribution in [2.45, 2.75) is 127 Å². The molecule has 172 valence electrons. The van der Waals surface area contributed by atoms with Gasteiger partial charge in [-0.2, -0.15) is 0 Å². The third kappa shape index (κ3) is 4.55. The number of hydrogen-bond acceptors (Lipinski definition) is 3. The highest BCUT2D eigenvalue weighted by Gasteiger charge is 2.59. The van der Waals surface area contributed by atoms with Crippen molar-refractivity contribution in [1.29, 1.82) is 0 Å². The fourth-order valence-electron chi connectivity index (χ4n) is 6.85. The molecule has 3 fully saturated rings. The van der Waals surface area contributed by atoms with Crippen molar-refractivity contribution in [2.75, 3.05) is 0 Å². The van der Waals surface area contributed by atoms with Crippen molar-refractivity contribution >= 4 is 7.14 Å². The van der Waals surface area contributed by atoms with Crippen LogP contribution in [0.25, 0.3) is 0 Å². The van der Waals surface area contributed by atoms with Crippen molar-refractivity contribution in [3.8, 4) is 0 Å². The quantitative estimate of drug-likeness (QED) is 0.374. The molecule has 0 bridgehead atoms. The van der Waals surface area contributed by atoms with Gasteiger partial charge in [-0.15, -0.1) is 0 Å². The van der Waals surface area contributed by atoms with Crippen molar-refractivity contribution in [3.05, 3.63) is 24.3 Å². The Bertz CT molecular complexity index is 653. The smallest absolute Gasteiger partial charge is 0.102 e. The van der Waals surface area contributed by atoms with Crippen molar-refractivity contribution in [3.63, 3.8) is 0 Å². The highest BCUT2D eigenvalue weighted by atomic mass is 31.2. The van der Waals surface area contributed by atoms with E-state index in [1.54, 1.807) is 0 Å². The topological polar surface area (TPSA) is 57.5 Å². The number of aliphatic hydroxyl groups is 2. The molecule has 0 aliphatic heterocycles. The highest BCUT2D eigenvalue weighted by Crippen LogP contribution is 2.72. The summed E-state index contributed by atoms with van der Waals surface area (Å²) >= 11 is 0. The molecule has 0 aromatic rings. The molecule has 0 aromatic carbocycles. The van der Waals surface area contributed by atoms with Crippen molar-refractivity contribution in [2.24, 2.45) is 11.8 Å². The summed E-state index contributed by atoms with van der Waals surface area (Å²) in [6.45, 7) is 16.4. The lowest BCUT2D eigenvalue weighted by molar-refractivity contribution is 0.00209. The average Bonchev–Trinajstić information content (AvgIpc) is 2.67. The van der Waals surface area contributed by atoms with Gasteiger partial charge in [-0.05, 0) is 90.9 Å². The van der Waals surface area contributed by atoms with E-state index in [9.17, 15) is 10.2 Å². The zero-order valence-electron chi connectivity index (χ0n) is 19.8. The first-order chi connectivity index (χ1) is 13.9. The van der Waals surface area contributed by atoms with E-state index in [0.717, 1.165) is 62.5 Å². The zero-order chi connectivity index (χ0) is 22.3. The average molecular weight is 437 g/mol. The molecule has 3 aliphatic rings. The van der Waals surface area contributed by atoms with Crippen molar-refractivity contribution < 1.29 is 14.8 Å². The van der Waals surface area contributed by atoms with E-state index >= 15 is 4.57 Å². The Morgan fingerprint density at radius 2 is 1.20 bits per heavy atom. The normalized spacial score (nSPS) is 41.4. The molecular formula is C26H45O3P. The molecule has 3 nitrogen and oxygen atoms in total. The highest BCUT2D eigenvalue weighted by molar-refractivity contribution is 7.66. The Kier molecular flexibility index (Phi) is 7.18. The maximum atomic E-state index is 15.5. The summed E-state index contributed by atoms with van der Waals surface area (Å²) in [5.41, 5.74) is 0.0395. The van der Waals surface area contributed by atoms with Gasteiger partial charge in [0.15, 0.2) is 0 Å². The standard InChI is InChI=1S/C26H45O3P/c1-18(2)20-12-14-25(5,27)23(16-20)30(29,22-10-8-7-9-11-22)24-17-21(19(3)4)13-15-26(24,6)28/h20-24,27-28H,1,3,7-17H2,2,4-6H3/t20-,21-,23+,24+,25+,26+/m1/s1. The minimum absolute atomic E-state index is 0.131. The van der Waals surface area contributed by atoms with Crippen LogP contribution in [-0.2, 0) is 4.57 Å². The SMILES string of the molecule is C=C(C)[C@@H]1CC[C@](C)(O)[C@@H](P(=O)(C2CCCCC2)[C@H]2C[C@H](C(=C)C)CC[C@]2(C)O)C1. The van der Waals surface area contributed by atoms with Crippen LogP contribution in [0.5, 0.6) is 0 Å². The molecule has 0 aromatic heterocycles. The Morgan fingerprint density at radius 1 is 0.800 bits per heavy atom. The van der Waals surface area contributed by atoms with Gasteiger partial charge in [-0.25, -0.2) is 0 Å². The predicted molar refractivity (Wildman–Crippen MR) is 128 cm³/mol. The Labute approximate surface area is 184 Å². The first kappa shape index (κ1) is 24.3. The predicted octanol–water partition coefficient (Wildman–Crippen LogP) is 6.67. The lowest BCUT2D eigenvalue weighted by Gasteiger charge is -2.54. The molecule has 4 heteroatoms. The maximum Gasteiger partial charge on any atom is 0.102 e. The van der Waals surface area contributed by atoms with E-state index in [2.05, 4.69) is 27.0 Å². The van der Waals surface area contributed by atoms with E-state index in [0.29, 0.717) is 24.7 Å². The second-order valence-electron chi connectivity index (χ2n) is 11.4. The minimum atomic E-state index is -2.92. The van der Waals surface area contributed by atoms with Gasteiger partial charge in [0.1, 0.15) is 7.14 Å². The van der Waals surface area contributed by atoms with Crippen LogP contribution in [0, 0.1) is 11.8 Å². The summed E-state index contributed by atoms with van der Waals surface area (Å²) in [5.74, 6) is 0.634. The second kappa shape index (κ2) is 8.87. The molecule has 0 radical (unpaired) electrons. The molecule has 0 saturated heterocycles. The summed E-state index contributed by atoms with van der Waals surface area (Å²) < 4.78 is 15.5. The minimum Gasteiger partial charge on any atom is -0.389 e. The molecular weight excluding hydrogens is 391 g/mol. The monoisotopic (exact) mass is 436 g/mol. The molecule has 3 rings (SSSR count). The van der Waals surface area contributed by atoms with Crippen LogP contribution in [-0.4, -0.2) is 38.4 Å². The van der Waals surface area contributed by atoms with Gasteiger partial charge in [0.2, 0.25) is 0 Å². The van der Waals surface area contributed by atoms with Gasteiger partial charge >= 0.3 is 0 Å². The van der Waals surface area contributed by atoms with Gasteiger partial charge in [0.05, 0.1) is 11.2 Å². The summed E-state index contributed by atoms with van der Waals surface area (Å²) in [5, 5.41) is 23.1. The number of rotatable bonds is 5. The summed E-state index contributed by atoms with van der Waals surface area (Å²) in [4.78, 5) is 0. The molecule has 3 saturated carbocycles. The molecule has 30 heavy (non-hydrogen) atoms. The van der Waals surface area contributed by atoms with Crippen LogP contribution >= 0.6 is 7.14 Å². The fourth-order valence-corrected chi connectivity index (χ4v) is 12.6. The molecule has 6 atom stereocenters. The molecule has 0 heterocycles. The summed E-state index contributed by atoms with van der Waals surface area (Å²) in [7, 11) is -2.92. The van der Waals surface area contributed by atoms with Gasteiger partial charge < -0.3 is 14.8 Å². The van der Waals surface area contributed by atoms with Gasteiger partial charge in [-0.3, -0.25) is 0 Å². The summed E-state index contributed by atoms with van der Waals surface area (Å²) in [6.07, 6.45) is 10.1. The van der Waals surface area contributed by atoms with Crippen LogP contribution in [0.1, 0.15) is 98.3 Å². The largest absolute Gasteiger partial charge is 0.389 e. The zero-order valence-corrected chi connectivity index (χ0v) is 20.7. The van der Waals surface area contributed by atoms with Gasteiger partial charge in [0, 0.05) is 17.0 Å². The van der Waals surface area contributed by atoms with Crippen LogP contribution in [0.3, 0.4) is 0 Å². The second-order valence-corrected chi connectivity index (χ2v) is 14.9. The summed E-state index contributed by atoms with van der Waals surface area (Å²) in [6, 6.07) is 0. The number of hydrogen-bond donors (Lipinski definition) is 2. The first-order valence-corrected chi connectivity index (χ1v) is 14.2. The third-order valence-electron chi connectivity index (χ3n) is 8.96. The molecule has 0 spiro atoms. The maximum absolute atomic E-state index is 15.5. The molecule has 0 unspecified atom stereocenters. The Balaban J connectivity index is 2.09. The van der Waals surface area contributed by atoms with Gasteiger partial charge in [-0.1, -0.05) is 43.6 Å². The van der Waals surface area contributed by atoms with E-state index < -0.39 is 18.3 Å². The van der Waals surface area contributed by atoms with E-state index in [1.165, 1.54) is 6.42 Å². The Hall–Kier alpha value is -0.370. The van der Waals surface area contributed by atoms with Crippen LogP contribution < -0.4 is 0 Å². The Morgan fingerprint density at radius 3 is 1.57 bits per heavy atom. The van der Waals surface area contributed by atoms with E-state index in [-0.39, 0.29) is 17.0 Å². The van der Waals surface area contributed by atoms with Crippen LogP contribution in [0.15, 0.2) is 24.3 Å². The third-order valence-corrected chi connectivity index (χ3v) is 14.1. The fraction of sp³-hybridized carbons (Fsp3) is 0.846. The molecule has 0 amide bonds. The van der Waals surface area contributed by atoms with Crippen molar-refractivity contribution in [1.82, 2.24) is 0 Å². The van der Waals surface area contributed by atoms with Gasteiger partial charge in [0.25, 0.3) is 0 Å². The number of allylic oxidation sites excluding steroid dienone is 2. The van der Waals surface area contributed by atoms with E-state index in [1.807, 2.05) is 13.8 Å². The first-order valence-electron chi connectivity index (χ1n) is 12.2. The van der Waals surface area contributed by atoms with E-state index in [4.69, 9.17) is 0 Å². The van der Waals surface area contributed by atoms with Crippen LogP contribution in [0.4, 0.5) is 0 Å². The lowest BCUT2D eigenvalue weighted by Crippen LogP contribution is -2.53. The van der Waals surface area contributed by atoms with Crippen LogP contribution in [0.2, 0.25) is 0 Å². The molecule has 2 N–H and O–H groups in total.